The summed E-state index contributed by atoms with van der Waals surface area (Å²) in [4.78, 5) is 19.9. The summed E-state index contributed by atoms with van der Waals surface area (Å²) >= 11 is 0. The van der Waals surface area contributed by atoms with Gasteiger partial charge in [0.2, 0.25) is 11.9 Å². The van der Waals surface area contributed by atoms with Crippen LogP contribution in [0.15, 0.2) is 30.5 Å². The van der Waals surface area contributed by atoms with E-state index in [1.165, 1.54) is 0 Å². The van der Waals surface area contributed by atoms with Crippen molar-refractivity contribution in [1.82, 2.24) is 9.97 Å². The zero-order valence-electron chi connectivity index (χ0n) is 12.3. The van der Waals surface area contributed by atoms with Crippen LogP contribution < -0.4 is 16.4 Å². The van der Waals surface area contributed by atoms with E-state index >= 15 is 0 Å². The number of benzene rings is 1. The minimum atomic E-state index is -0.458. The zero-order chi connectivity index (χ0) is 15.4. The number of nitrogens with one attached hydrogen (secondary N) is 2. The zero-order valence-corrected chi connectivity index (χ0v) is 12.3. The molecule has 0 atom stereocenters. The summed E-state index contributed by atoms with van der Waals surface area (Å²) in [5.41, 5.74) is 7.40. The van der Waals surface area contributed by atoms with Crippen LogP contribution in [0.1, 0.15) is 29.8 Å². The molecule has 4 N–H and O–H groups in total. The molecule has 0 saturated heterocycles. The Kier molecular flexibility index (Phi) is 4.37. The normalized spacial score (nSPS) is 10.5. The number of hydrogen-bond acceptors (Lipinski definition) is 5. The van der Waals surface area contributed by atoms with Crippen molar-refractivity contribution in [2.45, 2.75) is 26.8 Å². The van der Waals surface area contributed by atoms with Gasteiger partial charge in [-0.1, -0.05) is 6.07 Å². The molecule has 0 aliphatic rings. The molecule has 0 aliphatic carbocycles. The van der Waals surface area contributed by atoms with Crippen LogP contribution in [-0.2, 0) is 0 Å². The number of nitrogens with two attached hydrogens (primary N) is 1. The Bertz CT molecular complexity index is 654. The van der Waals surface area contributed by atoms with Gasteiger partial charge in [-0.2, -0.15) is 4.98 Å². The Morgan fingerprint density at radius 1 is 1.33 bits per heavy atom. The van der Waals surface area contributed by atoms with Gasteiger partial charge < -0.3 is 16.4 Å². The number of hydrogen-bond donors (Lipinski definition) is 3. The smallest absolute Gasteiger partial charge is 0.248 e. The van der Waals surface area contributed by atoms with Gasteiger partial charge in [0.1, 0.15) is 5.82 Å². The van der Waals surface area contributed by atoms with E-state index in [0.717, 1.165) is 11.3 Å². The maximum absolute atomic E-state index is 11.2. The molecule has 110 valence electrons. The molecule has 0 aliphatic heterocycles. The van der Waals surface area contributed by atoms with Crippen molar-refractivity contribution in [3.63, 3.8) is 0 Å². The number of anilines is 3. The number of carbonyl (C=O) groups is 1. The molecule has 1 amide bonds. The van der Waals surface area contributed by atoms with E-state index in [1.54, 1.807) is 24.4 Å². The first kappa shape index (κ1) is 14.8. The highest BCUT2D eigenvalue weighted by atomic mass is 16.1. The summed E-state index contributed by atoms with van der Waals surface area (Å²) in [6, 6.07) is 7.24. The van der Waals surface area contributed by atoms with Crippen molar-refractivity contribution in [3.8, 4) is 0 Å². The topological polar surface area (TPSA) is 92.9 Å². The molecule has 2 aromatic rings. The predicted octanol–water partition coefficient (Wildman–Crippen LogP) is 2.45. The van der Waals surface area contributed by atoms with Gasteiger partial charge in [0.25, 0.3) is 0 Å². The number of carbonyl (C=O) groups excluding carboxylic acids is 1. The third kappa shape index (κ3) is 3.92. The molecule has 6 heteroatoms. The highest BCUT2D eigenvalue weighted by Gasteiger charge is 2.07. The van der Waals surface area contributed by atoms with Crippen LogP contribution in [-0.4, -0.2) is 21.9 Å². The summed E-state index contributed by atoms with van der Waals surface area (Å²) < 4.78 is 0. The second-order valence-corrected chi connectivity index (χ2v) is 5.09. The second kappa shape index (κ2) is 6.21. The third-order valence-electron chi connectivity index (χ3n) is 2.80. The van der Waals surface area contributed by atoms with Gasteiger partial charge in [0, 0.05) is 29.1 Å². The number of amides is 1. The summed E-state index contributed by atoms with van der Waals surface area (Å²) in [6.07, 6.45) is 1.75. The Morgan fingerprint density at radius 2 is 2.10 bits per heavy atom. The molecule has 1 heterocycles. The Labute approximate surface area is 123 Å². The van der Waals surface area contributed by atoms with Crippen molar-refractivity contribution in [2.75, 3.05) is 10.6 Å². The second-order valence-electron chi connectivity index (χ2n) is 5.09. The van der Waals surface area contributed by atoms with Crippen molar-refractivity contribution in [3.05, 3.63) is 41.6 Å². The molecule has 1 aromatic heterocycles. The molecular formula is C15H19N5O. The first-order valence-corrected chi connectivity index (χ1v) is 6.73. The van der Waals surface area contributed by atoms with Crippen molar-refractivity contribution >= 4 is 23.4 Å². The number of primary amides is 1. The molecule has 2 rings (SSSR count). The minimum absolute atomic E-state index is 0.249. The Hall–Kier alpha value is -2.63. The monoisotopic (exact) mass is 285 g/mol. The maximum atomic E-state index is 11.2. The molecule has 6 nitrogen and oxygen atoms in total. The van der Waals surface area contributed by atoms with Crippen LogP contribution in [0, 0.1) is 6.92 Å². The minimum Gasteiger partial charge on any atom is -0.366 e. The van der Waals surface area contributed by atoms with Gasteiger partial charge in [-0.15, -0.1) is 0 Å². The standard InChI is InChI=1S/C15H19N5O/c1-9(2)18-15-17-8-10(3)14(20-15)19-12-6-4-5-11(7-12)13(16)21/h4-9H,1-3H3,(H2,16,21)(H2,17,18,19,20). The lowest BCUT2D eigenvalue weighted by Crippen LogP contribution is -2.13. The fourth-order valence-electron chi connectivity index (χ4n) is 1.78. The lowest BCUT2D eigenvalue weighted by molar-refractivity contribution is 0.100. The van der Waals surface area contributed by atoms with Gasteiger partial charge in [0.15, 0.2) is 0 Å². The van der Waals surface area contributed by atoms with Gasteiger partial charge in [-0.3, -0.25) is 4.79 Å². The molecule has 21 heavy (non-hydrogen) atoms. The lowest BCUT2D eigenvalue weighted by atomic mass is 10.2. The lowest BCUT2D eigenvalue weighted by Gasteiger charge is -2.12. The van der Waals surface area contributed by atoms with Crippen LogP contribution in [0.5, 0.6) is 0 Å². The van der Waals surface area contributed by atoms with Crippen LogP contribution in [0.25, 0.3) is 0 Å². The van der Waals surface area contributed by atoms with Gasteiger partial charge >= 0.3 is 0 Å². The summed E-state index contributed by atoms with van der Waals surface area (Å²) in [5, 5.41) is 6.33. The molecule has 1 aromatic carbocycles. The maximum Gasteiger partial charge on any atom is 0.248 e. The predicted molar refractivity (Wildman–Crippen MR) is 83.8 cm³/mol. The summed E-state index contributed by atoms with van der Waals surface area (Å²) in [5.74, 6) is 0.791. The number of nitrogens with zero attached hydrogens (tertiary/aromatic N) is 2. The SMILES string of the molecule is Cc1cnc(NC(C)C)nc1Nc1cccc(C(N)=O)c1. The summed E-state index contributed by atoms with van der Waals surface area (Å²) in [7, 11) is 0. The molecule has 0 radical (unpaired) electrons. The Balaban J connectivity index is 2.26. The van der Waals surface area contributed by atoms with E-state index in [4.69, 9.17) is 5.73 Å². The summed E-state index contributed by atoms with van der Waals surface area (Å²) in [6.45, 7) is 5.96. The highest BCUT2D eigenvalue weighted by Crippen LogP contribution is 2.20. The first-order valence-electron chi connectivity index (χ1n) is 6.73. The van der Waals surface area contributed by atoms with E-state index < -0.39 is 5.91 Å². The van der Waals surface area contributed by atoms with Gasteiger partial charge in [-0.25, -0.2) is 4.98 Å². The molecular weight excluding hydrogens is 266 g/mol. The average Bonchev–Trinajstić information content (AvgIpc) is 2.42. The van der Waals surface area contributed by atoms with Crippen LogP contribution in [0.2, 0.25) is 0 Å². The van der Waals surface area contributed by atoms with Crippen molar-refractivity contribution in [2.24, 2.45) is 5.73 Å². The van der Waals surface area contributed by atoms with Gasteiger partial charge in [0.05, 0.1) is 0 Å². The van der Waals surface area contributed by atoms with Crippen molar-refractivity contribution in [1.29, 1.82) is 0 Å². The fourth-order valence-corrected chi connectivity index (χ4v) is 1.78. The average molecular weight is 285 g/mol. The molecule has 0 unspecified atom stereocenters. The largest absolute Gasteiger partial charge is 0.366 e. The number of rotatable bonds is 5. The Morgan fingerprint density at radius 3 is 2.76 bits per heavy atom. The van der Waals surface area contributed by atoms with E-state index in [0.29, 0.717) is 17.3 Å². The van der Waals surface area contributed by atoms with E-state index in [-0.39, 0.29) is 6.04 Å². The fraction of sp³-hybridized carbons (Fsp3) is 0.267. The molecule has 0 fully saturated rings. The quantitative estimate of drug-likeness (QED) is 0.784. The van der Waals surface area contributed by atoms with Gasteiger partial charge in [-0.05, 0) is 39.0 Å². The van der Waals surface area contributed by atoms with E-state index in [9.17, 15) is 4.79 Å². The number of aromatic nitrogens is 2. The van der Waals surface area contributed by atoms with Crippen molar-refractivity contribution < 1.29 is 4.79 Å². The third-order valence-corrected chi connectivity index (χ3v) is 2.80. The van der Waals surface area contributed by atoms with E-state index in [2.05, 4.69) is 20.6 Å². The first-order chi connectivity index (χ1) is 9.95. The molecule has 0 spiro atoms. The molecule has 0 saturated carbocycles. The van der Waals surface area contributed by atoms with Crippen LogP contribution in [0.4, 0.5) is 17.5 Å². The van der Waals surface area contributed by atoms with Crippen LogP contribution >= 0.6 is 0 Å². The molecule has 0 bridgehead atoms. The highest BCUT2D eigenvalue weighted by molar-refractivity contribution is 5.93. The number of aryl methyl sites for hydroxylation is 1. The van der Waals surface area contributed by atoms with E-state index in [1.807, 2.05) is 26.8 Å². The van der Waals surface area contributed by atoms with Crippen LogP contribution in [0.3, 0.4) is 0 Å².